The summed E-state index contributed by atoms with van der Waals surface area (Å²) < 4.78 is 118. The summed E-state index contributed by atoms with van der Waals surface area (Å²) in [6.07, 6.45) is 3.29. The maximum atomic E-state index is 9.34. The predicted molar refractivity (Wildman–Crippen MR) is 248 cm³/mol. The number of benzene rings is 7. The molecule has 0 aliphatic rings. The molecule has 0 spiro atoms. The van der Waals surface area contributed by atoms with E-state index in [1.165, 1.54) is 6.07 Å². The van der Waals surface area contributed by atoms with Crippen LogP contribution in [0.1, 0.15) is 62.2 Å². The molecule has 3 heterocycles. The zero-order chi connectivity index (χ0) is 52.2. The van der Waals surface area contributed by atoms with E-state index in [4.69, 9.17) is 23.4 Å². The summed E-state index contributed by atoms with van der Waals surface area (Å²) in [5.74, 6) is 0.684. The minimum Gasteiger partial charge on any atom is -0.510 e. The SMILES string of the molecule is [2H]c1c([2H])c([2H])c(-c2cccc(-c3c([2H])c([2H])c([2H])c([2H])c3[2H])c2-[n+]2[c-]n(-c3[c-]c(Oc4[c-]c5c(cc4)c4ccccc4n5-c4cc(C(C)(C)C)ccn4)cc(C([2H])([2H])C(C)C)c3)c3ccccc32)c([2H])c1[2H].[Pt]. The van der Waals surface area contributed by atoms with Gasteiger partial charge in [-0.05, 0) is 74.8 Å². The molecule has 5 nitrogen and oxygen atoms in total. The fourth-order valence-corrected chi connectivity index (χ4v) is 7.78. The maximum absolute atomic E-state index is 9.34. The Labute approximate surface area is 395 Å². The maximum Gasteiger partial charge on any atom is 0.268 e. The van der Waals surface area contributed by atoms with Crippen molar-refractivity contribution in [3.63, 3.8) is 0 Å². The number of pyridine rings is 1. The van der Waals surface area contributed by atoms with E-state index >= 15 is 0 Å². The number of nitrogens with zero attached hydrogens (tertiary/aromatic N) is 4. The Morgan fingerprint density at radius 3 is 2.10 bits per heavy atom. The molecule has 0 bridgehead atoms. The Morgan fingerprint density at radius 1 is 0.726 bits per heavy atom. The van der Waals surface area contributed by atoms with Crippen molar-refractivity contribution in [1.29, 1.82) is 0 Å². The number of ether oxygens (including phenoxy) is 1. The van der Waals surface area contributed by atoms with Crippen molar-refractivity contribution in [2.75, 3.05) is 0 Å². The van der Waals surface area contributed by atoms with Gasteiger partial charge in [0.25, 0.3) is 6.33 Å². The van der Waals surface area contributed by atoms with E-state index in [1.807, 2.05) is 36.4 Å². The first-order chi connectivity index (χ1) is 34.6. The zero-order valence-corrected chi connectivity index (χ0v) is 36.8. The van der Waals surface area contributed by atoms with Crippen molar-refractivity contribution in [2.24, 2.45) is 5.92 Å². The molecular weight excluding hydrogens is 940 g/mol. The first-order valence-corrected chi connectivity index (χ1v) is 20.0. The van der Waals surface area contributed by atoms with E-state index in [0.29, 0.717) is 28.1 Å². The molecule has 0 unspecified atom stereocenters. The van der Waals surface area contributed by atoms with Crippen LogP contribution in [0.5, 0.6) is 11.5 Å². The van der Waals surface area contributed by atoms with E-state index < -0.39 is 72.7 Å². The van der Waals surface area contributed by atoms with E-state index in [1.54, 1.807) is 83.8 Å². The number of hydrogen-bond donors (Lipinski definition) is 0. The van der Waals surface area contributed by atoms with Gasteiger partial charge in [0, 0.05) is 47.0 Å². The summed E-state index contributed by atoms with van der Waals surface area (Å²) in [5.41, 5.74) is 4.00. The molecule has 308 valence electrons. The van der Waals surface area contributed by atoms with Gasteiger partial charge in [0.1, 0.15) is 5.82 Å². The monoisotopic (exact) mass is 997 g/mol. The van der Waals surface area contributed by atoms with Gasteiger partial charge in [-0.15, -0.1) is 29.7 Å². The number of fused-ring (bicyclic) bond motifs is 4. The van der Waals surface area contributed by atoms with Gasteiger partial charge in [0.05, 0.1) is 30.4 Å². The van der Waals surface area contributed by atoms with E-state index in [-0.39, 0.29) is 71.4 Å². The fraction of sp³-hybridized carbons (Fsp3) is 0.143. The Morgan fingerprint density at radius 2 is 1.40 bits per heavy atom. The topological polar surface area (TPSA) is 35.9 Å². The molecule has 0 saturated carbocycles. The average Bonchev–Trinajstić information content (AvgIpc) is 3.92. The molecule has 0 saturated heterocycles. The van der Waals surface area contributed by atoms with Crippen LogP contribution in [-0.2, 0) is 32.9 Å². The molecule has 10 aromatic rings. The third kappa shape index (κ3) is 7.67. The minimum absolute atomic E-state index is 0. The quantitative estimate of drug-likeness (QED) is 0.107. The summed E-state index contributed by atoms with van der Waals surface area (Å²) in [4.78, 5) is 4.80. The second-order valence-corrected chi connectivity index (χ2v) is 16.1. The first-order valence-electron chi connectivity index (χ1n) is 26.0. The second kappa shape index (κ2) is 16.7. The third-order valence-corrected chi connectivity index (χ3v) is 10.5. The summed E-state index contributed by atoms with van der Waals surface area (Å²) in [6.45, 7) is 10.0. The van der Waals surface area contributed by atoms with Crippen molar-refractivity contribution in [2.45, 2.75) is 46.4 Å². The molecule has 0 N–H and O–H groups in total. The Kier molecular flexibility index (Phi) is 7.79. The molecule has 0 amide bonds. The van der Waals surface area contributed by atoms with Crippen molar-refractivity contribution >= 4 is 32.8 Å². The smallest absolute Gasteiger partial charge is 0.268 e. The molecule has 6 heteroatoms. The van der Waals surface area contributed by atoms with Crippen LogP contribution in [0.25, 0.3) is 72.3 Å². The summed E-state index contributed by atoms with van der Waals surface area (Å²) in [6, 6.07) is 32.1. The molecular formula is C56H46N4OPt-2. The van der Waals surface area contributed by atoms with Gasteiger partial charge in [-0.1, -0.05) is 161 Å². The number of rotatable bonds is 9. The normalized spacial score (nSPS) is 14.7. The number of imidazole rings is 1. The molecule has 10 rings (SSSR count). The van der Waals surface area contributed by atoms with Crippen molar-refractivity contribution in [1.82, 2.24) is 14.1 Å². The molecule has 0 aliphatic carbocycles. The van der Waals surface area contributed by atoms with Gasteiger partial charge in [-0.2, -0.15) is 17.7 Å². The number of hydrogen-bond acceptors (Lipinski definition) is 2. The van der Waals surface area contributed by atoms with Crippen LogP contribution in [0.2, 0.25) is 0 Å². The summed E-state index contributed by atoms with van der Waals surface area (Å²) in [7, 11) is 0. The van der Waals surface area contributed by atoms with Gasteiger partial charge in [-0.25, -0.2) is 4.98 Å². The van der Waals surface area contributed by atoms with Crippen LogP contribution >= 0.6 is 0 Å². The average molecular weight is 998 g/mol. The molecule has 3 aromatic heterocycles. The molecule has 0 atom stereocenters. The number of para-hydroxylation sites is 4. The van der Waals surface area contributed by atoms with E-state index in [2.05, 4.69) is 49.9 Å². The van der Waals surface area contributed by atoms with E-state index in [9.17, 15) is 2.74 Å². The first kappa shape index (κ1) is 28.9. The predicted octanol–water partition coefficient (Wildman–Crippen LogP) is 13.4. The van der Waals surface area contributed by atoms with Gasteiger partial charge >= 0.3 is 0 Å². The van der Waals surface area contributed by atoms with Gasteiger partial charge in [-0.3, -0.25) is 4.57 Å². The third-order valence-electron chi connectivity index (χ3n) is 10.5. The molecule has 62 heavy (non-hydrogen) atoms. The Hall–Kier alpha value is -6.55. The zero-order valence-electron chi connectivity index (χ0n) is 46.5. The molecule has 0 radical (unpaired) electrons. The largest absolute Gasteiger partial charge is 0.510 e. The summed E-state index contributed by atoms with van der Waals surface area (Å²) in [5, 5.41) is 1.92. The van der Waals surface area contributed by atoms with Gasteiger partial charge < -0.3 is 13.9 Å². The van der Waals surface area contributed by atoms with Gasteiger partial charge in [0.2, 0.25) is 0 Å². The standard InChI is InChI=1S/C56H46N4O.Pt/c1-38(2)31-39-32-43(35-45(33-39)61-44-27-28-49-48-21-12-13-24-50(48)60(53(49)36-44)54-34-42(29-30-57-54)56(3,4)5)58-37-59(52-26-15-14-25-51(52)58)55-46(40-17-8-6-9-18-40)22-16-23-47(55)41-19-10-7-11-20-41;/h6-30,32-34,38H,31H2,1-5H3;/q-2;/i6D,7D,8D,9D,10D,11D,17D,18D,19D,20D,31D2;. The van der Waals surface area contributed by atoms with Crippen LogP contribution in [0.3, 0.4) is 0 Å². The number of aromatic nitrogens is 4. The van der Waals surface area contributed by atoms with Crippen LogP contribution in [-0.4, -0.2) is 14.1 Å². The van der Waals surface area contributed by atoms with Crippen LogP contribution in [0.15, 0.2) is 170 Å². The van der Waals surface area contributed by atoms with Crippen LogP contribution in [0.4, 0.5) is 0 Å². The Balaban J connectivity index is 0.00000672. The van der Waals surface area contributed by atoms with Crippen molar-refractivity contribution in [3.05, 3.63) is 199 Å². The molecule has 0 fully saturated rings. The molecule has 7 aromatic carbocycles. The fourth-order valence-electron chi connectivity index (χ4n) is 7.78. The molecule has 0 aliphatic heterocycles. The van der Waals surface area contributed by atoms with Crippen LogP contribution < -0.4 is 9.30 Å². The van der Waals surface area contributed by atoms with Crippen molar-refractivity contribution < 1.29 is 46.8 Å². The van der Waals surface area contributed by atoms with Crippen LogP contribution in [0, 0.1) is 24.4 Å². The van der Waals surface area contributed by atoms with Crippen molar-refractivity contribution in [3.8, 4) is 50.9 Å². The minimum atomic E-state index is -1.90. The Bertz CT molecular complexity index is 3770. The second-order valence-electron chi connectivity index (χ2n) is 16.1. The van der Waals surface area contributed by atoms with Gasteiger partial charge in [0.15, 0.2) is 0 Å². The van der Waals surface area contributed by atoms with E-state index in [0.717, 1.165) is 21.9 Å². The summed E-state index contributed by atoms with van der Waals surface area (Å²) >= 11 is 0.